The number of nitrogens with zero attached hydrogens (tertiary/aromatic N) is 1. The Labute approximate surface area is 115 Å². The highest BCUT2D eigenvalue weighted by Gasteiger charge is 2.55. The Hall–Kier alpha value is -1.33. The molecular weight excluding hydrogens is 271 g/mol. The van der Waals surface area contributed by atoms with Gasteiger partial charge in [-0.25, -0.2) is 0 Å². The van der Waals surface area contributed by atoms with Gasteiger partial charge in [-0.1, -0.05) is 19.9 Å². The first-order valence-corrected chi connectivity index (χ1v) is 6.57. The van der Waals surface area contributed by atoms with Gasteiger partial charge in [-0.3, -0.25) is 9.59 Å². The molecule has 1 fully saturated rings. The summed E-state index contributed by atoms with van der Waals surface area (Å²) in [4.78, 5) is 24.8. The molecule has 0 spiro atoms. The molecule has 1 saturated heterocycles. The standard InChI is InChI=1S/C14H18F3NO2/c1-9(19)18-5-4-12(2)7-11(20)10(14(15,16)17)6-13(12,3)8-18/h6H,4-5,7-8H2,1-3H3/t12-,13+/m1/s1. The quantitative estimate of drug-likeness (QED) is 0.687. The van der Waals surface area contributed by atoms with E-state index < -0.39 is 28.4 Å². The molecular formula is C14H18F3NO2. The number of carbonyl (C=O) groups is 2. The summed E-state index contributed by atoms with van der Waals surface area (Å²) in [6, 6.07) is 0. The summed E-state index contributed by atoms with van der Waals surface area (Å²) in [6.07, 6.45) is -3.15. The zero-order valence-electron chi connectivity index (χ0n) is 11.8. The largest absolute Gasteiger partial charge is 0.419 e. The van der Waals surface area contributed by atoms with Crippen LogP contribution in [0.5, 0.6) is 0 Å². The molecule has 1 heterocycles. The first-order valence-electron chi connectivity index (χ1n) is 6.57. The Morgan fingerprint density at radius 3 is 2.45 bits per heavy atom. The van der Waals surface area contributed by atoms with Crippen molar-refractivity contribution in [3.8, 4) is 0 Å². The zero-order valence-corrected chi connectivity index (χ0v) is 11.8. The van der Waals surface area contributed by atoms with E-state index in [2.05, 4.69) is 0 Å². The Kier molecular flexibility index (Phi) is 3.26. The molecule has 0 radical (unpaired) electrons. The smallest absolute Gasteiger partial charge is 0.342 e. The number of hydrogen-bond donors (Lipinski definition) is 0. The molecule has 0 aromatic rings. The van der Waals surface area contributed by atoms with Crippen LogP contribution in [0.15, 0.2) is 11.6 Å². The van der Waals surface area contributed by atoms with Gasteiger partial charge in [0.25, 0.3) is 0 Å². The number of fused-ring (bicyclic) bond motifs is 1. The predicted molar refractivity (Wildman–Crippen MR) is 66.8 cm³/mol. The fourth-order valence-corrected chi connectivity index (χ4v) is 3.20. The van der Waals surface area contributed by atoms with Gasteiger partial charge in [0.1, 0.15) is 0 Å². The van der Waals surface area contributed by atoms with Crippen molar-refractivity contribution in [2.24, 2.45) is 10.8 Å². The number of rotatable bonds is 0. The third kappa shape index (κ3) is 2.25. The first kappa shape index (κ1) is 15.1. The Bertz CT molecular complexity index is 497. The van der Waals surface area contributed by atoms with Crippen LogP contribution in [0.25, 0.3) is 0 Å². The third-order valence-electron chi connectivity index (χ3n) is 4.90. The topological polar surface area (TPSA) is 37.4 Å². The lowest BCUT2D eigenvalue weighted by molar-refractivity contribution is -0.142. The van der Waals surface area contributed by atoms with E-state index in [1.54, 1.807) is 11.8 Å². The summed E-state index contributed by atoms with van der Waals surface area (Å²) in [5.41, 5.74) is -2.41. The van der Waals surface area contributed by atoms with Crippen molar-refractivity contribution in [1.29, 1.82) is 0 Å². The minimum absolute atomic E-state index is 0.111. The van der Waals surface area contributed by atoms with Crippen molar-refractivity contribution in [2.45, 2.75) is 39.8 Å². The Morgan fingerprint density at radius 2 is 1.95 bits per heavy atom. The Balaban J connectivity index is 2.46. The molecule has 0 aromatic heterocycles. The molecule has 20 heavy (non-hydrogen) atoms. The fourth-order valence-electron chi connectivity index (χ4n) is 3.20. The van der Waals surface area contributed by atoms with Gasteiger partial charge in [0.05, 0.1) is 5.57 Å². The van der Waals surface area contributed by atoms with Gasteiger partial charge in [-0.05, 0) is 11.8 Å². The highest BCUT2D eigenvalue weighted by molar-refractivity contribution is 5.98. The molecule has 1 aliphatic heterocycles. The number of halogens is 3. The number of amides is 1. The van der Waals surface area contributed by atoms with Crippen molar-refractivity contribution in [3.63, 3.8) is 0 Å². The fraction of sp³-hybridized carbons (Fsp3) is 0.714. The van der Waals surface area contributed by atoms with Crippen LogP contribution in [0.4, 0.5) is 13.2 Å². The summed E-state index contributed by atoms with van der Waals surface area (Å²) in [6.45, 7) is 5.68. The van der Waals surface area contributed by atoms with Gasteiger partial charge in [0, 0.05) is 31.8 Å². The SMILES string of the molecule is CC(=O)N1CC[C@]2(C)CC(=O)C(C(F)(F)F)=C[C@@]2(C)C1. The number of ketones is 1. The van der Waals surface area contributed by atoms with Crippen molar-refractivity contribution < 1.29 is 22.8 Å². The van der Waals surface area contributed by atoms with E-state index in [-0.39, 0.29) is 18.9 Å². The molecule has 0 N–H and O–H groups in total. The minimum atomic E-state index is -4.63. The molecule has 1 aliphatic carbocycles. The van der Waals surface area contributed by atoms with Gasteiger partial charge >= 0.3 is 6.18 Å². The second-order valence-electron chi connectivity index (χ2n) is 6.32. The monoisotopic (exact) mass is 289 g/mol. The molecule has 0 unspecified atom stereocenters. The van der Waals surface area contributed by atoms with Crippen LogP contribution in [0.1, 0.15) is 33.6 Å². The molecule has 6 heteroatoms. The summed E-state index contributed by atoms with van der Waals surface area (Å²) in [7, 11) is 0. The third-order valence-corrected chi connectivity index (χ3v) is 4.90. The summed E-state index contributed by atoms with van der Waals surface area (Å²) in [5, 5.41) is 0. The van der Waals surface area contributed by atoms with Crippen molar-refractivity contribution in [3.05, 3.63) is 11.6 Å². The molecule has 2 rings (SSSR count). The number of Topliss-reactive ketones (excluding diaryl/α,β-unsaturated/α-hetero) is 1. The van der Waals surface area contributed by atoms with Crippen LogP contribution in [0, 0.1) is 10.8 Å². The van der Waals surface area contributed by atoms with Crippen LogP contribution in [-0.2, 0) is 9.59 Å². The summed E-state index contributed by atoms with van der Waals surface area (Å²) >= 11 is 0. The van der Waals surface area contributed by atoms with Crippen LogP contribution < -0.4 is 0 Å². The maximum absolute atomic E-state index is 12.9. The molecule has 0 saturated carbocycles. The van der Waals surface area contributed by atoms with Crippen LogP contribution in [0.3, 0.4) is 0 Å². The average Bonchev–Trinajstić information content (AvgIpc) is 2.27. The van der Waals surface area contributed by atoms with E-state index in [9.17, 15) is 22.8 Å². The maximum atomic E-state index is 12.9. The number of hydrogen-bond acceptors (Lipinski definition) is 2. The molecule has 3 nitrogen and oxygen atoms in total. The zero-order chi connectivity index (χ0) is 15.3. The normalized spacial score (nSPS) is 34.6. The van der Waals surface area contributed by atoms with Gasteiger partial charge in [0.2, 0.25) is 5.91 Å². The number of likely N-dealkylation sites (tertiary alicyclic amines) is 1. The van der Waals surface area contributed by atoms with E-state index >= 15 is 0 Å². The van der Waals surface area contributed by atoms with Crippen molar-refractivity contribution in [1.82, 2.24) is 4.90 Å². The van der Waals surface area contributed by atoms with Gasteiger partial charge < -0.3 is 4.90 Å². The Morgan fingerprint density at radius 1 is 1.35 bits per heavy atom. The molecule has 1 amide bonds. The first-order chi connectivity index (χ1) is 8.98. The number of carbonyl (C=O) groups excluding carboxylic acids is 2. The lowest BCUT2D eigenvalue weighted by Crippen LogP contribution is -2.56. The van der Waals surface area contributed by atoms with E-state index in [4.69, 9.17) is 0 Å². The second kappa shape index (κ2) is 4.33. The minimum Gasteiger partial charge on any atom is -0.342 e. The average molecular weight is 289 g/mol. The number of allylic oxidation sites excluding steroid dienone is 1. The molecule has 0 bridgehead atoms. The number of piperidine rings is 1. The van der Waals surface area contributed by atoms with E-state index in [0.717, 1.165) is 6.08 Å². The molecule has 2 atom stereocenters. The molecule has 0 aromatic carbocycles. The van der Waals surface area contributed by atoms with Crippen molar-refractivity contribution in [2.75, 3.05) is 13.1 Å². The van der Waals surface area contributed by atoms with E-state index in [1.165, 1.54) is 6.92 Å². The predicted octanol–water partition coefficient (Wildman–Crippen LogP) is 2.71. The lowest BCUT2D eigenvalue weighted by Gasteiger charge is -2.54. The molecule has 2 aliphatic rings. The summed E-state index contributed by atoms with van der Waals surface area (Å²) in [5.74, 6) is -0.985. The van der Waals surface area contributed by atoms with Crippen LogP contribution in [-0.4, -0.2) is 35.9 Å². The van der Waals surface area contributed by atoms with Crippen LogP contribution in [0.2, 0.25) is 0 Å². The van der Waals surface area contributed by atoms with Crippen LogP contribution >= 0.6 is 0 Å². The van der Waals surface area contributed by atoms with Gasteiger partial charge in [0.15, 0.2) is 5.78 Å². The highest BCUT2D eigenvalue weighted by Crippen LogP contribution is 2.54. The summed E-state index contributed by atoms with van der Waals surface area (Å²) < 4.78 is 38.8. The molecule has 112 valence electrons. The van der Waals surface area contributed by atoms with Crippen molar-refractivity contribution >= 4 is 11.7 Å². The van der Waals surface area contributed by atoms with Gasteiger partial charge in [-0.15, -0.1) is 0 Å². The highest BCUT2D eigenvalue weighted by atomic mass is 19.4. The van der Waals surface area contributed by atoms with Gasteiger partial charge in [-0.2, -0.15) is 13.2 Å². The lowest BCUT2D eigenvalue weighted by atomic mass is 9.55. The van der Waals surface area contributed by atoms with E-state index in [1.807, 2.05) is 6.92 Å². The number of alkyl halides is 3. The maximum Gasteiger partial charge on any atom is 0.419 e. The second-order valence-corrected chi connectivity index (χ2v) is 6.32. The van der Waals surface area contributed by atoms with E-state index in [0.29, 0.717) is 13.0 Å².